The molecule has 0 fully saturated rings. The predicted octanol–water partition coefficient (Wildman–Crippen LogP) is 1.09. The topological polar surface area (TPSA) is 70.8 Å². The SMILES string of the molecule is COc1ccc(OC)c(COC(=O)C(C)N)c1. The lowest BCUT2D eigenvalue weighted by Crippen LogP contribution is -2.28. The number of carbonyl (C=O) groups is 1. The van der Waals surface area contributed by atoms with Crippen molar-refractivity contribution in [2.75, 3.05) is 14.2 Å². The average molecular weight is 239 g/mol. The molecular weight excluding hydrogens is 222 g/mol. The molecule has 0 aromatic heterocycles. The number of ether oxygens (including phenoxy) is 3. The van der Waals surface area contributed by atoms with E-state index in [1.807, 2.05) is 0 Å². The lowest BCUT2D eigenvalue weighted by Gasteiger charge is -2.11. The zero-order valence-electron chi connectivity index (χ0n) is 10.2. The molecule has 1 atom stereocenters. The van der Waals surface area contributed by atoms with Crippen LogP contribution in [0.5, 0.6) is 11.5 Å². The van der Waals surface area contributed by atoms with Crippen LogP contribution in [0.1, 0.15) is 12.5 Å². The fourth-order valence-electron chi connectivity index (χ4n) is 1.28. The van der Waals surface area contributed by atoms with Crippen LogP contribution in [0.4, 0.5) is 0 Å². The van der Waals surface area contributed by atoms with E-state index in [2.05, 4.69) is 0 Å². The molecule has 0 aliphatic carbocycles. The van der Waals surface area contributed by atoms with Crippen LogP contribution in [0.15, 0.2) is 18.2 Å². The molecule has 5 heteroatoms. The van der Waals surface area contributed by atoms with Gasteiger partial charge >= 0.3 is 5.97 Å². The van der Waals surface area contributed by atoms with Gasteiger partial charge in [-0.05, 0) is 25.1 Å². The maximum atomic E-state index is 11.3. The molecule has 94 valence electrons. The Labute approximate surface area is 100 Å². The van der Waals surface area contributed by atoms with Crippen LogP contribution in [0, 0.1) is 0 Å². The number of hydrogen-bond acceptors (Lipinski definition) is 5. The zero-order chi connectivity index (χ0) is 12.8. The molecule has 0 amide bonds. The Morgan fingerprint density at radius 2 is 2.06 bits per heavy atom. The number of rotatable bonds is 5. The summed E-state index contributed by atoms with van der Waals surface area (Å²) in [5, 5.41) is 0. The lowest BCUT2D eigenvalue weighted by atomic mass is 10.2. The van der Waals surface area contributed by atoms with Crippen LogP contribution in [-0.2, 0) is 16.1 Å². The van der Waals surface area contributed by atoms with E-state index in [1.54, 1.807) is 39.3 Å². The first kappa shape index (κ1) is 13.3. The van der Waals surface area contributed by atoms with Gasteiger partial charge in [0.1, 0.15) is 24.1 Å². The minimum absolute atomic E-state index is 0.112. The predicted molar refractivity (Wildman–Crippen MR) is 63.0 cm³/mol. The summed E-state index contributed by atoms with van der Waals surface area (Å²) in [4.78, 5) is 11.3. The molecule has 1 unspecified atom stereocenters. The normalized spacial score (nSPS) is 11.8. The number of nitrogens with two attached hydrogens (primary N) is 1. The first-order valence-electron chi connectivity index (χ1n) is 5.21. The van der Waals surface area contributed by atoms with Crippen molar-refractivity contribution in [2.24, 2.45) is 5.73 Å². The van der Waals surface area contributed by atoms with Crippen LogP contribution in [0.3, 0.4) is 0 Å². The van der Waals surface area contributed by atoms with E-state index in [-0.39, 0.29) is 6.61 Å². The van der Waals surface area contributed by atoms with Crippen molar-refractivity contribution in [1.82, 2.24) is 0 Å². The van der Waals surface area contributed by atoms with Gasteiger partial charge < -0.3 is 19.9 Å². The van der Waals surface area contributed by atoms with Gasteiger partial charge in [0.2, 0.25) is 0 Å². The van der Waals surface area contributed by atoms with Crippen molar-refractivity contribution in [3.8, 4) is 11.5 Å². The van der Waals surface area contributed by atoms with Gasteiger partial charge in [-0.15, -0.1) is 0 Å². The molecule has 1 aromatic rings. The summed E-state index contributed by atoms with van der Waals surface area (Å²) in [6.45, 7) is 1.69. The fraction of sp³-hybridized carbons (Fsp3) is 0.417. The first-order chi connectivity index (χ1) is 8.08. The number of esters is 1. The van der Waals surface area contributed by atoms with Crippen molar-refractivity contribution < 1.29 is 19.0 Å². The Kier molecular flexibility index (Phi) is 4.78. The van der Waals surface area contributed by atoms with E-state index < -0.39 is 12.0 Å². The second-order valence-electron chi connectivity index (χ2n) is 3.57. The highest BCUT2D eigenvalue weighted by atomic mass is 16.5. The Hall–Kier alpha value is -1.75. The van der Waals surface area contributed by atoms with Crippen molar-refractivity contribution in [1.29, 1.82) is 0 Å². The van der Waals surface area contributed by atoms with Gasteiger partial charge in [0.05, 0.1) is 14.2 Å². The second-order valence-corrected chi connectivity index (χ2v) is 3.57. The molecule has 1 rings (SSSR count). The van der Waals surface area contributed by atoms with Crippen LogP contribution in [-0.4, -0.2) is 26.2 Å². The molecule has 0 radical (unpaired) electrons. The smallest absolute Gasteiger partial charge is 0.322 e. The monoisotopic (exact) mass is 239 g/mol. The molecule has 0 saturated heterocycles. The van der Waals surface area contributed by atoms with E-state index >= 15 is 0 Å². The Morgan fingerprint density at radius 1 is 1.35 bits per heavy atom. The van der Waals surface area contributed by atoms with Crippen molar-refractivity contribution >= 4 is 5.97 Å². The number of benzene rings is 1. The van der Waals surface area contributed by atoms with E-state index in [9.17, 15) is 4.79 Å². The van der Waals surface area contributed by atoms with Gasteiger partial charge in [-0.1, -0.05) is 0 Å². The summed E-state index contributed by atoms with van der Waals surface area (Å²) in [6.07, 6.45) is 0. The largest absolute Gasteiger partial charge is 0.497 e. The molecule has 1 aromatic carbocycles. The highest BCUT2D eigenvalue weighted by molar-refractivity contribution is 5.74. The molecule has 0 spiro atoms. The third-order valence-electron chi connectivity index (χ3n) is 2.23. The molecule has 17 heavy (non-hydrogen) atoms. The van der Waals surface area contributed by atoms with E-state index in [4.69, 9.17) is 19.9 Å². The summed E-state index contributed by atoms with van der Waals surface area (Å²) >= 11 is 0. The number of hydrogen-bond donors (Lipinski definition) is 1. The van der Waals surface area contributed by atoms with Crippen molar-refractivity contribution in [3.05, 3.63) is 23.8 Å². The molecule has 0 heterocycles. The maximum Gasteiger partial charge on any atom is 0.322 e. The Bertz CT molecular complexity index is 390. The minimum Gasteiger partial charge on any atom is -0.497 e. The molecule has 0 aliphatic rings. The lowest BCUT2D eigenvalue weighted by molar-refractivity contribution is -0.146. The Balaban J connectivity index is 2.77. The zero-order valence-corrected chi connectivity index (χ0v) is 10.2. The number of methoxy groups -OCH3 is 2. The van der Waals surface area contributed by atoms with E-state index in [0.717, 1.165) is 5.56 Å². The van der Waals surface area contributed by atoms with Gasteiger partial charge in [-0.2, -0.15) is 0 Å². The minimum atomic E-state index is -0.633. The summed E-state index contributed by atoms with van der Waals surface area (Å²) in [5.41, 5.74) is 6.13. The van der Waals surface area contributed by atoms with Crippen molar-refractivity contribution in [2.45, 2.75) is 19.6 Å². The summed E-state index contributed by atoms with van der Waals surface area (Å²) in [6, 6.07) is 4.66. The fourth-order valence-corrected chi connectivity index (χ4v) is 1.28. The van der Waals surface area contributed by atoms with Gasteiger partial charge in [0.15, 0.2) is 0 Å². The van der Waals surface area contributed by atoms with E-state index in [0.29, 0.717) is 11.5 Å². The highest BCUT2D eigenvalue weighted by Gasteiger charge is 2.11. The third-order valence-corrected chi connectivity index (χ3v) is 2.23. The molecule has 0 aliphatic heterocycles. The summed E-state index contributed by atoms with van der Waals surface area (Å²) < 4.78 is 15.3. The van der Waals surface area contributed by atoms with Crippen LogP contribution >= 0.6 is 0 Å². The average Bonchev–Trinajstić information content (AvgIpc) is 2.35. The quantitative estimate of drug-likeness (QED) is 0.779. The van der Waals surface area contributed by atoms with Gasteiger partial charge in [-0.25, -0.2) is 0 Å². The van der Waals surface area contributed by atoms with Crippen molar-refractivity contribution in [3.63, 3.8) is 0 Å². The highest BCUT2D eigenvalue weighted by Crippen LogP contribution is 2.24. The van der Waals surface area contributed by atoms with Crippen LogP contribution in [0.2, 0.25) is 0 Å². The van der Waals surface area contributed by atoms with Crippen LogP contribution < -0.4 is 15.2 Å². The van der Waals surface area contributed by atoms with Gasteiger partial charge in [-0.3, -0.25) is 4.79 Å². The third kappa shape index (κ3) is 3.64. The molecular formula is C12H17NO4. The van der Waals surface area contributed by atoms with Crippen LogP contribution in [0.25, 0.3) is 0 Å². The number of carbonyl (C=O) groups excluding carboxylic acids is 1. The van der Waals surface area contributed by atoms with E-state index in [1.165, 1.54) is 0 Å². The molecule has 0 saturated carbocycles. The maximum absolute atomic E-state index is 11.3. The molecule has 5 nitrogen and oxygen atoms in total. The Morgan fingerprint density at radius 3 is 2.59 bits per heavy atom. The van der Waals surface area contributed by atoms with Gasteiger partial charge in [0, 0.05) is 5.56 Å². The molecule has 2 N–H and O–H groups in total. The summed E-state index contributed by atoms with van der Waals surface area (Å²) in [5.74, 6) is 0.871. The molecule has 0 bridgehead atoms. The second kappa shape index (κ2) is 6.10. The van der Waals surface area contributed by atoms with Gasteiger partial charge in [0.25, 0.3) is 0 Å². The summed E-state index contributed by atoms with van der Waals surface area (Å²) in [7, 11) is 3.12. The standard InChI is InChI=1S/C12H17NO4/c1-8(13)12(14)17-7-9-6-10(15-2)4-5-11(9)16-3/h4-6,8H,7,13H2,1-3H3. The first-order valence-corrected chi connectivity index (χ1v) is 5.21.